The van der Waals surface area contributed by atoms with Gasteiger partial charge in [-0.25, -0.2) is 4.79 Å². The van der Waals surface area contributed by atoms with E-state index in [0.717, 1.165) is 0 Å². The Hall–Kier alpha value is -2.29. The predicted molar refractivity (Wildman–Crippen MR) is 96.1 cm³/mol. The first-order valence-corrected chi connectivity index (χ1v) is 8.71. The number of benzene rings is 2. The second-order valence-electron chi connectivity index (χ2n) is 6.24. The summed E-state index contributed by atoms with van der Waals surface area (Å²) >= 11 is 11.6. The predicted octanol–water partition coefficient (Wildman–Crippen LogP) is 4.10. The Bertz CT molecular complexity index is 904. The molecule has 0 saturated carbocycles. The number of nitrogens with one attached hydrogen (secondary N) is 2. The smallest absolute Gasteiger partial charge is 0.363 e. The maximum atomic E-state index is 13.8. The van der Waals surface area contributed by atoms with E-state index in [4.69, 9.17) is 23.2 Å². The number of ketones is 1. The fraction of sp³-hybridized carbons (Fsp3) is 0.222. The lowest BCUT2D eigenvalue weighted by molar-refractivity contribution is -0.287. The number of Topliss-reactive ketones (excluding diaryl/α,β-unsaturated/α-hetero) is 1. The largest absolute Gasteiger partial charge is 0.437 e. The maximum absolute atomic E-state index is 13.8. The first-order valence-electron chi connectivity index (χ1n) is 7.96. The van der Waals surface area contributed by atoms with E-state index in [1.807, 2.05) is 0 Å². The monoisotopic (exact) mass is 432 g/mol. The molecule has 1 aliphatic rings. The van der Waals surface area contributed by atoms with Crippen LogP contribution in [-0.2, 0) is 0 Å². The van der Waals surface area contributed by atoms with Crippen LogP contribution in [0.15, 0.2) is 48.5 Å². The van der Waals surface area contributed by atoms with Gasteiger partial charge in [-0.05, 0) is 42.0 Å². The summed E-state index contributed by atoms with van der Waals surface area (Å²) < 4.78 is 41.3. The molecule has 0 radical (unpaired) electrons. The minimum absolute atomic E-state index is 0.103. The Morgan fingerprint density at radius 3 is 2.00 bits per heavy atom. The van der Waals surface area contributed by atoms with Gasteiger partial charge in [0.05, 0.1) is 6.04 Å². The molecule has 28 heavy (non-hydrogen) atoms. The molecule has 2 aromatic carbocycles. The van der Waals surface area contributed by atoms with Crippen LogP contribution in [0, 0.1) is 5.92 Å². The molecule has 2 aromatic rings. The van der Waals surface area contributed by atoms with E-state index in [9.17, 15) is 27.9 Å². The van der Waals surface area contributed by atoms with E-state index in [2.05, 4.69) is 5.32 Å². The minimum atomic E-state index is -5.32. The van der Waals surface area contributed by atoms with Crippen molar-refractivity contribution >= 4 is 35.0 Å². The van der Waals surface area contributed by atoms with Gasteiger partial charge in [-0.2, -0.15) is 13.2 Å². The molecule has 1 saturated heterocycles. The summed E-state index contributed by atoms with van der Waals surface area (Å²) in [6.07, 6.45) is -5.32. The molecule has 10 heteroatoms. The Morgan fingerprint density at radius 1 is 1.00 bits per heavy atom. The first kappa shape index (κ1) is 20.4. The van der Waals surface area contributed by atoms with Crippen LogP contribution in [0.3, 0.4) is 0 Å². The number of amides is 2. The second kappa shape index (κ2) is 7.27. The van der Waals surface area contributed by atoms with Gasteiger partial charge in [0.25, 0.3) is 0 Å². The number of hydrogen-bond donors (Lipinski definition) is 3. The van der Waals surface area contributed by atoms with Gasteiger partial charge >= 0.3 is 12.2 Å². The molecule has 5 nitrogen and oxygen atoms in total. The molecule has 3 N–H and O–H groups in total. The molecule has 0 unspecified atom stereocenters. The summed E-state index contributed by atoms with van der Waals surface area (Å²) in [6, 6.07) is 8.01. The van der Waals surface area contributed by atoms with Crippen LogP contribution >= 0.6 is 23.2 Å². The summed E-state index contributed by atoms with van der Waals surface area (Å²) in [4.78, 5) is 24.9. The number of carbonyl (C=O) groups is 2. The molecule has 0 aliphatic carbocycles. The van der Waals surface area contributed by atoms with Gasteiger partial charge in [-0.15, -0.1) is 0 Å². The topological polar surface area (TPSA) is 78.4 Å². The molecule has 3 rings (SSSR count). The van der Waals surface area contributed by atoms with Gasteiger partial charge in [0, 0.05) is 15.6 Å². The molecule has 0 bridgehead atoms. The number of halogens is 5. The number of alkyl halides is 3. The van der Waals surface area contributed by atoms with Gasteiger partial charge in [-0.1, -0.05) is 35.3 Å². The second-order valence-corrected chi connectivity index (χ2v) is 7.11. The molecule has 148 valence electrons. The number of urea groups is 1. The Kier molecular flexibility index (Phi) is 5.31. The number of aliphatic hydroxyl groups is 1. The molecule has 1 heterocycles. The number of hydrogen-bond acceptors (Lipinski definition) is 3. The molecule has 0 spiro atoms. The van der Waals surface area contributed by atoms with Crippen molar-refractivity contribution < 1.29 is 27.9 Å². The van der Waals surface area contributed by atoms with E-state index in [1.54, 1.807) is 0 Å². The van der Waals surface area contributed by atoms with Gasteiger partial charge in [0.1, 0.15) is 5.92 Å². The van der Waals surface area contributed by atoms with Crippen molar-refractivity contribution in [2.45, 2.75) is 17.9 Å². The third-order valence-electron chi connectivity index (χ3n) is 4.45. The minimum Gasteiger partial charge on any atom is -0.363 e. The lowest BCUT2D eigenvalue weighted by Crippen LogP contribution is -2.72. The van der Waals surface area contributed by atoms with Gasteiger partial charge < -0.3 is 15.7 Å². The molecule has 1 fully saturated rings. The average Bonchev–Trinajstić information content (AvgIpc) is 2.61. The molecule has 0 aromatic heterocycles. The van der Waals surface area contributed by atoms with Crippen LogP contribution < -0.4 is 10.6 Å². The molecule has 3 atom stereocenters. The van der Waals surface area contributed by atoms with Gasteiger partial charge in [0.2, 0.25) is 5.72 Å². The van der Waals surface area contributed by atoms with Crippen LogP contribution in [0.4, 0.5) is 18.0 Å². The van der Waals surface area contributed by atoms with Crippen LogP contribution in [-0.4, -0.2) is 28.8 Å². The highest BCUT2D eigenvalue weighted by molar-refractivity contribution is 6.30. The third kappa shape index (κ3) is 3.67. The fourth-order valence-corrected chi connectivity index (χ4v) is 3.33. The van der Waals surface area contributed by atoms with Crippen molar-refractivity contribution in [2.24, 2.45) is 5.92 Å². The Morgan fingerprint density at radius 2 is 1.50 bits per heavy atom. The first-order chi connectivity index (χ1) is 13.0. The fourth-order valence-electron chi connectivity index (χ4n) is 3.08. The lowest BCUT2D eigenvalue weighted by Gasteiger charge is -2.45. The van der Waals surface area contributed by atoms with E-state index >= 15 is 0 Å². The van der Waals surface area contributed by atoms with Crippen molar-refractivity contribution in [3.8, 4) is 0 Å². The van der Waals surface area contributed by atoms with Crippen LogP contribution in [0.5, 0.6) is 0 Å². The van der Waals surface area contributed by atoms with Crippen LogP contribution in [0.25, 0.3) is 0 Å². The zero-order valence-corrected chi connectivity index (χ0v) is 15.4. The standard InChI is InChI=1S/C18H13Cl2F3N2O3/c19-11-5-1-9(2-6-11)14-13(15(26)10-3-7-12(20)8-4-10)17(28,18(21,22)23)25-16(27)24-14/h1-8,13-14,28H,(H2,24,25,27)/t13-,14-,17+/m1/s1. The molecule has 1 aliphatic heterocycles. The zero-order valence-electron chi connectivity index (χ0n) is 13.9. The van der Waals surface area contributed by atoms with Crippen molar-refractivity contribution in [3.63, 3.8) is 0 Å². The summed E-state index contributed by atoms with van der Waals surface area (Å²) in [5.74, 6) is -3.13. The molecular formula is C18H13Cl2F3N2O3. The van der Waals surface area contributed by atoms with Crippen molar-refractivity contribution in [3.05, 3.63) is 69.7 Å². The van der Waals surface area contributed by atoms with Crippen LogP contribution in [0.2, 0.25) is 10.0 Å². The average molecular weight is 433 g/mol. The molecule has 2 amide bonds. The Balaban J connectivity index is 2.15. The van der Waals surface area contributed by atoms with E-state index in [0.29, 0.717) is 5.02 Å². The lowest BCUT2D eigenvalue weighted by atomic mass is 9.77. The van der Waals surface area contributed by atoms with Gasteiger partial charge in [0.15, 0.2) is 5.78 Å². The summed E-state index contributed by atoms with van der Waals surface area (Å²) in [7, 11) is 0. The van der Waals surface area contributed by atoms with E-state index < -0.39 is 35.7 Å². The number of carbonyl (C=O) groups excluding carboxylic acids is 2. The summed E-state index contributed by atoms with van der Waals surface area (Å²) in [6.45, 7) is 0. The Labute approximate surface area is 167 Å². The third-order valence-corrected chi connectivity index (χ3v) is 4.95. The quantitative estimate of drug-likeness (QED) is 0.638. The van der Waals surface area contributed by atoms with Crippen molar-refractivity contribution in [1.29, 1.82) is 0 Å². The van der Waals surface area contributed by atoms with Gasteiger partial charge in [-0.3, -0.25) is 4.79 Å². The highest BCUT2D eigenvalue weighted by Gasteiger charge is 2.66. The highest BCUT2D eigenvalue weighted by atomic mass is 35.5. The number of rotatable bonds is 3. The maximum Gasteiger partial charge on any atom is 0.437 e. The van der Waals surface area contributed by atoms with Crippen molar-refractivity contribution in [2.75, 3.05) is 0 Å². The summed E-state index contributed by atoms with van der Waals surface area (Å²) in [5.41, 5.74) is -3.71. The van der Waals surface area contributed by atoms with Crippen LogP contribution in [0.1, 0.15) is 22.0 Å². The highest BCUT2D eigenvalue weighted by Crippen LogP contribution is 2.44. The van der Waals surface area contributed by atoms with E-state index in [-0.39, 0.29) is 16.1 Å². The zero-order chi connectivity index (χ0) is 20.7. The summed E-state index contributed by atoms with van der Waals surface area (Å²) in [5, 5.41) is 14.8. The molecular weight excluding hydrogens is 420 g/mol. The van der Waals surface area contributed by atoms with E-state index in [1.165, 1.54) is 53.8 Å². The SMILES string of the molecule is O=C1N[C@H](c2ccc(Cl)cc2)[C@H](C(=O)c2ccc(Cl)cc2)[C@](O)(C(F)(F)F)N1. The van der Waals surface area contributed by atoms with Crippen molar-refractivity contribution in [1.82, 2.24) is 10.6 Å². The normalized spacial score (nSPS) is 25.0.